The molecule has 0 saturated carbocycles. The SMILES string of the molecule is Cc1ccc2nc(NCc3ccc(Cl)cc3)c(Nc3cc(F)c(F)c(F)c3)nc2c1. The number of hydrogen-bond acceptors (Lipinski definition) is 4. The van der Waals surface area contributed by atoms with Gasteiger partial charge in [-0.1, -0.05) is 29.8 Å². The van der Waals surface area contributed by atoms with E-state index in [0.29, 0.717) is 28.4 Å². The zero-order chi connectivity index (χ0) is 21.3. The van der Waals surface area contributed by atoms with Crippen molar-refractivity contribution in [3.63, 3.8) is 0 Å². The summed E-state index contributed by atoms with van der Waals surface area (Å²) in [4.78, 5) is 9.13. The lowest BCUT2D eigenvalue weighted by atomic mass is 10.2. The van der Waals surface area contributed by atoms with Gasteiger partial charge in [0.2, 0.25) is 0 Å². The van der Waals surface area contributed by atoms with Crippen LogP contribution in [0.15, 0.2) is 54.6 Å². The lowest BCUT2D eigenvalue weighted by Gasteiger charge is -2.14. The van der Waals surface area contributed by atoms with Crippen molar-refractivity contribution >= 4 is 40.0 Å². The van der Waals surface area contributed by atoms with Gasteiger partial charge >= 0.3 is 0 Å². The van der Waals surface area contributed by atoms with E-state index < -0.39 is 17.5 Å². The smallest absolute Gasteiger partial charge is 0.194 e. The number of nitrogens with one attached hydrogen (secondary N) is 2. The highest BCUT2D eigenvalue weighted by molar-refractivity contribution is 6.30. The quantitative estimate of drug-likeness (QED) is 0.363. The van der Waals surface area contributed by atoms with Crippen LogP contribution in [0.5, 0.6) is 0 Å². The van der Waals surface area contributed by atoms with Gasteiger partial charge in [-0.3, -0.25) is 0 Å². The minimum absolute atomic E-state index is 0.0160. The summed E-state index contributed by atoms with van der Waals surface area (Å²) >= 11 is 5.92. The molecule has 0 aliphatic heterocycles. The second kappa shape index (κ2) is 8.20. The number of hydrogen-bond donors (Lipinski definition) is 2. The first-order valence-corrected chi connectivity index (χ1v) is 9.45. The minimum atomic E-state index is -1.53. The average Bonchev–Trinajstić information content (AvgIpc) is 2.71. The van der Waals surface area contributed by atoms with Crippen LogP contribution in [-0.2, 0) is 6.54 Å². The first kappa shape index (κ1) is 20.0. The number of aromatic nitrogens is 2. The Balaban J connectivity index is 1.71. The van der Waals surface area contributed by atoms with Crippen molar-refractivity contribution in [1.82, 2.24) is 9.97 Å². The summed E-state index contributed by atoms with van der Waals surface area (Å²) in [6.45, 7) is 2.34. The molecule has 0 unspecified atom stereocenters. The summed E-state index contributed by atoms with van der Waals surface area (Å²) in [6, 6.07) is 14.6. The van der Waals surface area contributed by atoms with Gasteiger partial charge in [0.25, 0.3) is 0 Å². The fourth-order valence-electron chi connectivity index (χ4n) is 2.93. The van der Waals surface area contributed by atoms with E-state index in [1.165, 1.54) is 0 Å². The summed E-state index contributed by atoms with van der Waals surface area (Å²) in [6.07, 6.45) is 0. The van der Waals surface area contributed by atoms with E-state index in [1.54, 1.807) is 12.1 Å². The second-order valence-corrected chi connectivity index (χ2v) is 7.21. The minimum Gasteiger partial charge on any atom is -0.363 e. The predicted octanol–water partition coefficient (Wildman–Crippen LogP) is 6.36. The van der Waals surface area contributed by atoms with E-state index in [2.05, 4.69) is 20.6 Å². The summed E-state index contributed by atoms with van der Waals surface area (Å²) in [5, 5.41) is 6.64. The molecule has 0 saturated heterocycles. The molecule has 0 radical (unpaired) electrons. The Bertz CT molecular complexity index is 1210. The highest BCUT2D eigenvalue weighted by atomic mass is 35.5. The van der Waals surface area contributed by atoms with Crippen LogP contribution in [0.3, 0.4) is 0 Å². The molecule has 2 N–H and O–H groups in total. The first-order valence-electron chi connectivity index (χ1n) is 9.07. The molecule has 1 aromatic heterocycles. The zero-order valence-corrected chi connectivity index (χ0v) is 16.6. The highest BCUT2D eigenvalue weighted by Gasteiger charge is 2.14. The number of benzene rings is 3. The zero-order valence-electron chi connectivity index (χ0n) is 15.8. The third kappa shape index (κ3) is 4.31. The number of anilines is 3. The molecule has 4 nitrogen and oxygen atoms in total. The van der Waals surface area contributed by atoms with Crippen LogP contribution in [0, 0.1) is 24.4 Å². The molecule has 3 aromatic carbocycles. The van der Waals surface area contributed by atoms with Gasteiger partial charge in [0.1, 0.15) is 0 Å². The lowest BCUT2D eigenvalue weighted by Crippen LogP contribution is -2.07. The fourth-order valence-corrected chi connectivity index (χ4v) is 3.05. The molecule has 152 valence electrons. The van der Waals surface area contributed by atoms with Gasteiger partial charge in [0.05, 0.1) is 11.0 Å². The Hall–Kier alpha value is -3.32. The lowest BCUT2D eigenvalue weighted by molar-refractivity contribution is 0.448. The number of halogens is 4. The molecule has 4 aromatic rings. The van der Waals surface area contributed by atoms with Crippen molar-refractivity contribution in [2.24, 2.45) is 0 Å². The van der Waals surface area contributed by atoms with Crippen LogP contribution < -0.4 is 10.6 Å². The standard InChI is InChI=1S/C22H16ClF3N4/c1-12-2-7-18-19(8-12)30-22(28-15-9-16(24)20(26)17(25)10-15)21(29-18)27-11-13-3-5-14(23)6-4-13/h2-10H,11H2,1H3,(H,27,29)(H,28,30). The van der Waals surface area contributed by atoms with E-state index >= 15 is 0 Å². The largest absolute Gasteiger partial charge is 0.363 e. The fraction of sp³-hybridized carbons (Fsp3) is 0.0909. The summed E-state index contributed by atoms with van der Waals surface area (Å²) in [5.41, 5.74) is 3.22. The molecule has 1 heterocycles. The van der Waals surface area contributed by atoms with Crippen LogP contribution in [0.25, 0.3) is 11.0 Å². The maximum absolute atomic E-state index is 13.6. The molecule has 8 heteroatoms. The summed E-state index contributed by atoms with van der Waals surface area (Å²) in [7, 11) is 0. The second-order valence-electron chi connectivity index (χ2n) is 6.77. The Morgan fingerprint density at radius 1 is 0.833 bits per heavy atom. The Labute approximate surface area is 175 Å². The monoisotopic (exact) mass is 428 g/mol. The van der Waals surface area contributed by atoms with E-state index in [4.69, 9.17) is 11.6 Å². The molecule has 0 bridgehead atoms. The van der Waals surface area contributed by atoms with Crippen molar-refractivity contribution < 1.29 is 13.2 Å². The van der Waals surface area contributed by atoms with E-state index in [-0.39, 0.29) is 11.5 Å². The molecule has 0 atom stereocenters. The average molecular weight is 429 g/mol. The topological polar surface area (TPSA) is 49.8 Å². The molecular weight excluding hydrogens is 413 g/mol. The molecule has 4 rings (SSSR count). The van der Waals surface area contributed by atoms with Gasteiger partial charge in [-0.2, -0.15) is 0 Å². The van der Waals surface area contributed by atoms with Gasteiger partial charge in [0, 0.05) is 29.4 Å². The van der Waals surface area contributed by atoms with Gasteiger partial charge in [-0.25, -0.2) is 23.1 Å². The van der Waals surface area contributed by atoms with Crippen molar-refractivity contribution in [2.45, 2.75) is 13.5 Å². The maximum atomic E-state index is 13.6. The van der Waals surface area contributed by atoms with Crippen molar-refractivity contribution in [1.29, 1.82) is 0 Å². The molecule has 0 spiro atoms. The molecule has 0 amide bonds. The van der Waals surface area contributed by atoms with Crippen LogP contribution in [-0.4, -0.2) is 9.97 Å². The molecule has 0 fully saturated rings. The molecule has 0 aliphatic carbocycles. The van der Waals surface area contributed by atoms with Crippen molar-refractivity contribution in [3.05, 3.63) is 88.2 Å². The van der Waals surface area contributed by atoms with Crippen molar-refractivity contribution in [2.75, 3.05) is 10.6 Å². The van der Waals surface area contributed by atoms with Crippen LogP contribution in [0.1, 0.15) is 11.1 Å². The Morgan fingerprint density at radius 3 is 2.20 bits per heavy atom. The number of nitrogens with zero attached hydrogens (tertiary/aromatic N) is 2. The number of aryl methyl sites for hydroxylation is 1. The van der Waals surface area contributed by atoms with E-state index in [0.717, 1.165) is 23.3 Å². The molecule has 0 aliphatic rings. The molecule has 30 heavy (non-hydrogen) atoms. The number of rotatable bonds is 5. The third-order valence-corrected chi connectivity index (χ3v) is 4.69. The third-order valence-electron chi connectivity index (χ3n) is 4.44. The van der Waals surface area contributed by atoms with E-state index in [1.807, 2.05) is 37.3 Å². The van der Waals surface area contributed by atoms with Gasteiger partial charge in [0.15, 0.2) is 29.1 Å². The van der Waals surface area contributed by atoms with Crippen LogP contribution >= 0.6 is 11.6 Å². The first-order chi connectivity index (χ1) is 14.4. The Kier molecular flexibility index (Phi) is 5.46. The van der Waals surface area contributed by atoms with Gasteiger partial charge < -0.3 is 10.6 Å². The summed E-state index contributed by atoms with van der Waals surface area (Å²) < 4.78 is 40.6. The maximum Gasteiger partial charge on any atom is 0.194 e. The summed E-state index contributed by atoms with van der Waals surface area (Å²) in [5.74, 6) is -3.48. The number of fused-ring (bicyclic) bond motifs is 1. The van der Waals surface area contributed by atoms with Crippen LogP contribution in [0.4, 0.5) is 30.5 Å². The van der Waals surface area contributed by atoms with Gasteiger partial charge in [-0.15, -0.1) is 0 Å². The normalized spacial score (nSPS) is 11.0. The predicted molar refractivity (Wildman–Crippen MR) is 113 cm³/mol. The highest BCUT2D eigenvalue weighted by Crippen LogP contribution is 2.27. The Morgan fingerprint density at radius 2 is 1.50 bits per heavy atom. The van der Waals surface area contributed by atoms with Crippen LogP contribution in [0.2, 0.25) is 5.02 Å². The van der Waals surface area contributed by atoms with Crippen molar-refractivity contribution in [3.8, 4) is 0 Å². The molecular formula is C22H16ClF3N4. The van der Waals surface area contributed by atoms with E-state index in [9.17, 15) is 13.2 Å². The van der Waals surface area contributed by atoms with Gasteiger partial charge in [-0.05, 0) is 42.3 Å².